The zero-order valence-corrected chi connectivity index (χ0v) is 16.9. The molecule has 0 unspecified atom stereocenters. The van der Waals surface area contributed by atoms with Gasteiger partial charge in [-0.25, -0.2) is 8.42 Å². The molecule has 1 atom stereocenters. The summed E-state index contributed by atoms with van der Waals surface area (Å²) in [5, 5.41) is 0.812. The third-order valence-electron chi connectivity index (χ3n) is 4.77. The Morgan fingerprint density at radius 3 is 2.37 bits per heavy atom. The highest BCUT2D eigenvalue weighted by molar-refractivity contribution is 7.91. The molecule has 0 saturated carbocycles. The van der Waals surface area contributed by atoms with Crippen LogP contribution >= 0.6 is 23.2 Å². The van der Waals surface area contributed by atoms with Crippen LogP contribution in [0.4, 0.5) is 0 Å². The molecule has 0 bridgehead atoms. The Morgan fingerprint density at radius 2 is 1.78 bits per heavy atom. The van der Waals surface area contributed by atoms with Gasteiger partial charge in [0.05, 0.1) is 22.4 Å². The minimum absolute atomic E-state index is 0.0688. The van der Waals surface area contributed by atoms with Crippen molar-refractivity contribution >= 4 is 44.9 Å². The number of carbonyl (C=O) groups excluding carboxylic acids is 2. The van der Waals surface area contributed by atoms with Crippen molar-refractivity contribution in [2.45, 2.75) is 6.42 Å². The van der Waals surface area contributed by atoms with Crippen LogP contribution in [0.5, 0.6) is 5.75 Å². The molecule has 3 rings (SSSR count). The highest BCUT2D eigenvalue weighted by Gasteiger charge is 2.36. The topological polar surface area (TPSA) is 84.0 Å². The highest BCUT2D eigenvalue weighted by Crippen LogP contribution is 2.27. The van der Waals surface area contributed by atoms with Crippen LogP contribution in [0.2, 0.25) is 10.0 Å². The Kier molecular flexibility index (Phi) is 6.18. The van der Waals surface area contributed by atoms with Gasteiger partial charge in [0.15, 0.2) is 16.4 Å². The molecule has 2 fully saturated rings. The lowest BCUT2D eigenvalue weighted by molar-refractivity contribution is -0.142. The number of piperazine rings is 1. The van der Waals surface area contributed by atoms with Crippen molar-refractivity contribution in [3.8, 4) is 5.75 Å². The average Bonchev–Trinajstić information content (AvgIpc) is 3.00. The van der Waals surface area contributed by atoms with E-state index in [0.29, 0.717) is 48.4 Å². The van der Waals surface area contributed by atoms with Crippen LogP contribution in [0.15, 0.2) is 18.2 Å². The number of rotatable bonds is 4. The van der Waals surface area contributed by atoms with Crippen LogP contribution in [-0.4, -0.2) is 74.3 Å². The summed E-state index contributed by atoms with van der Waals surface area (Å²) in [4.78, 5) is 28.0. The molecule has 7 nitrogen and oxygen atoms in total. The number of benzene rings is 1. The zero-order valence-electron chi connectivity index (χ0n) is 14.6. The Balaban J connectivity index is 1.47. The van der Waals surface area contributed by atoms with Gasteiger partial charge in [0.25, 0.3) is 5.91 Å². The van der Waals surface area contributed by atoms with E-state index in [4.69, 9.17) is 27.9 Å². The van der Waals surface area contributed by atoms with Gasteiger partial charge < -0.3 is 14.5 Å². The lowest BCUT2D eigenvalue weighted by Crippen LogP contribution is -2.53. The lowest BCUT2D eigenvalue weighted by atomic mass is 10.1. The van der Waals surface area contributed by atoms with E-state index < -0.39 is 15.8 Å². The second kappa shape index (κ2) is 8.24. The summed E-state index contributed by atoms with van der Waals surface area (Å²) in [5.41, 5.74) is 0. The van der Waals surface area contributed by atoms with Gasteiger partial charge >= 0.3 is 0 Å². The number of sulfone groups is 1. The number of hydrogen-bond donors (Lipinski definition) is 0. The van der Waals surface area contributed by atoms with Crippen molar-refractivity contribution in [1.82, 2.24) is 9.80 Å². The van der Waals surface area contributed by atoms with Crippen LogP contribution in [0.1, 0.15) is 6.42 Å². The van der Waals surface area contributed by atoms with Gasteiger partial charge in [-0.1, -0.05) is 23.2 Å². The summed E-state index contributed by atoms with van der Waals surface area (Å²) in [7, 11) is -3.09. The van der Waals surface area contributed by atoms with Gasteiger partial charge in [-0.3, -0.25) is 9.59 Å². The maximum absolute atomic E-state index is 12.4. The zero-order chi connectivity index (χ0) is 19.6. The first-order valence-electron chi connectivity index (χ1n) is 8.60. The molecule has 2 amide bonds. The normalized spacial score (nSPS) is 21.9. The Morgan fingerprint density at radius 1 is 1.11 bits per heavy atom. The van der Waals surface area contributed by atoms with E-state index in [1.54, 1.807) is 21.9 Å². The van der Waals surface area contributed by atoms with Gasteiger partial charge in [-0.15, -0.1) is 0 Å². The molecule has 2 heterocycles. The molecule has 0 spiro atoms. The summed E-state index contributed by atoms with van der Waals surface area (Å²) in [6.07, 6.45) is 0.385. The van der Waals surface area contributed by atoms with Crippen LogP contribution < -0.4 is 4.74 Å². The molecular weight excluding hydrogens is 415 g/mol. The second-order valence-corrected chi connectivity index (χ2v) is 9.74. The van der Waals surface area contributed by atoms with Crippen molar-refractivity contribution in [2.24, 2.45) is 5.92 Å². The van der Waals surface area contributed by atoms with Crippen molar-refractivity contribution in [3.05, 3.63) is 28.2 Å². The first-order valence-corrected chi connectivity index (χ1v) is 11.2. The quantitative estimate of drug-likeness (QED) is 0.716. The van der Waals surface area contributed by atoms with E-state index >= 15 is 0 Å². The molecule has 1 aromatic carbocycles. The SMILES string of the molecule is O=C(COc1ccc(Cl)cc1Cl)N1CCN(C(=O)[C@@H]2CCS(=O)(=O)C2)CC1. The molecule has 148 valence electrons. The van der Waals surface area contributed by atoms with Crippen LogP contribution in [0, 0.1) is 5.92 Å². The molecule has 1 aromatic rings. The van der Waals surface area contributed by atoms with E-state index in [9.17, 15) is 18.0 Å². The Bertz CT molecular complexity index is 838. The third-order valence-corrected chi connectivity index (χ3v) is 7.07. The predicted octanol–water partition coefficient (Wildman–Crippen LogP) is 1.48. The fraction of sp³-hybridized carbons (Fsp3) is 0.529. The van der Waals surface area contributed by atoms with E-state index in [2.05, 4.69) is 0 Å². The second-order valence-electron chi connectivity index (χ2n) is 6.67. The molecule has 0 radical (unpaired) electrons. The van der Waals surface area contributed by atoms with E-state index in [0.717, 1.165) is 0 Å². The number of hydrogen-bond acceptors (Lipinski definition) is 5. The van der Waals surface area contributed by atoms with E-state index in [-0.39, 0.29) is 29.9 Å². The fourth-order valence-electron chi connectivity index (χ4n) is 3.25. The summed E-state index contributed by atoms with van der Waals surface area (Å²) in [6, 6.07) is 4.77. The van der Waals surface area contributed by atoms with Crippen LogP contribution in [-0.2, 0) is 19.4 Å². The number of amides is 2. The van der Waals surface area contributed by atoms with Gasteiger partial charge in [-0.05, 0) is 24.6 Å². The molecule has 2 saturated heterocycles. The summed E-state index contributed by atoms with van der Waals surface area (Å²) in [6.45, 7) is 1.41. The summed E-state index contributed by atoms with van der Waals surface area (Å²) < 4.78 is 28.5. The molecule has 2 aliphatic heterocycles. The van der Waals surface area contributed by atoms with E-state index in [1.807, 2.05) is 0 Å². The highest BCUT2D eigenvalue weighted by atomic mass is 35.5. The molecular formula is C17H20Cl2N2O5S. The van der Waals surface area contributed by atoms with Crippen LogP contribution in [0.3, 0.4) is 0 Å². The summed E-state index contributed by atoms with van der Waals surface area (Å²) in [5.74, 6) is -0.394. The standard InChI is InChI=1S/C17H20Cl2N2O5S/c18-13-1-2-15(14(19)9-13)26-10-16(22)20-4-6-21(7-5-20)17(23)12-3-8-27(24,25)11-12/h1-2,9,12H,3-8,10-11H2/t12-/m1/s1. The van der Waals surface area contributed by atoms with Crippen molar-refractivity contribution < 1.29 is 22.7 Å². The largest absolute Gasteiger partial charge is 0.482 e. The summed E-state index contributed by atoms with van der Waals surface area (Å²) >= 11 is 11.8. The van der Waals surface area contributed by atoms with Crippen molar-refractivity contribution in [2.75, 3.05) is 44.3 Å². The molecule has 0 aromatic heterocycles. The van der Waals surface area contributed by atoms with Gasteiger partial charge in [0, 0.05) is 31.2 Å². The maximum atomic E-state index is 12.4. The monoisotopic (exact) mass is 434 g/mol. The Labute approximate surface area is 168 Å². The molecule has 0 N–H and O–H groups in total. The predicted molar refractivity (Wildman–Crippen MR) is 102 cm³/mol. The van der Waals surface area contributed by atoms with Gasteiger partial charge in [0.2, 0.25) is 5.91 Å². The fourth-order valence-corrected chi connectivity index (χ4v) is 5.44. The third kappa shape index (κ3) is 5.06. The Hall–Kier alpha value is -1.51. The van der Waals surface area contributed by atoms with Crippen LogP contribution in [0.25, 0.3) is 0 Å². The van der Waals surface area contributed by atoms with Crippen molar-refractivity contribution in [1.29, 1.82) is 0 Å². The van der Waals surface area contributed by atoms with Gasteiger partial charge in [-0.2, -0.15) is 0 Å². The van der Waals surface area contributed by atoms with E-state index in [1.165, 1.54) is 6.07 Å². The number of halogens is 2. The average molecular weight is 435 g/mol. The minimum Gasteiger partial charge on any atom is -0.482 e. The first-order chi connectivity index (χ1) is 12.7. The molecule has 27 heavy (non-hydrogen) atoms. The maximum Gasteiger partial charge on any atom is 0.260 e. The number of ether oxygens (including phenoxy) is 1. The minimum atomic E-state index is -3.09. The van der Waals surface area contributed by atoms with Crippen molar-refractivity contribution in [3.63, 3.8) is 0 Å². The first kappa shape index (κ1) is 20.2. The number of carbonyl (C=O) groups is 2. The molecule has 10 heteroatoms. The number of nitrogens with zero attached hydrogens (tertiary/aromatic N) is 2. The lowest BCUT2D eigenvalue weighted by Gasteiger charge is -2.35. The molecule has 0 aliphatic carbocycles. The van der Waals surface area contributed by atoms with Gasteiger partial charge in [0.1, 0.15) is 5.75 Å². The smallest absolute Gasteiger partial charge is 0.260 e. The molecule has 2 aliphatic rings.